The van der Waals surface area contributed by atoms with E-state index < -0.39 is 11.7 Å². The third kappa shape index (κ3) is 5.41. The largest absolute Gasteiger partial charge is 0.416 e. The highest BCUT2D eigenvalue weighted by Crippen LogP contribution is 2.29. The highest BCUT2D eigenvalue weighted by molar-refractivity contribution is 6.17. The van der Waals surface area contributed by atoms with E-state index >= 15 is 0 Å². The van der Waals surface area contributed by atoms with E-state index in [1.165, 1.54) is 12.1 Å². The van der Waals surface area contributed by atoms with Crippen LogP contribution in [0.4, 0.5) is 13.2 Å². The Bertz CT molecular complexity index is 391. The topological polar surface area (TPSA) is 12.0 Å². The van der Waals surface area contributed by atoms with Crippen molar-refractivity contribution < 1.29 is 13.2 Å². The molecule has 0 saturated heterocycles. The summed E-state index contributed by atoms with van der Waals surface area (Å²) in [7, 11) is 0. The monoisotopic (exact) mass is 293 g/mol. The van der Waals surface area contributed by atoms with Gasteiger partial charge in [-0.1, -0.05) is 32.0 Å². The minimum absolute atomic E-state index is 0.215. The molecular formula is C14H19ClF3N. The molecule has 0 aliphatic rings. The van der Waals surface area contributed by atoms with Crippen molar-refractivity contribution in [3.63, 3.8) is 0 Å². The zero-order valence-electron chi connectivity index (χ0n) is 11.1. The highest BCUT2D eigenvalue weighted by atomic mass is 35.5. The molecule has 1 nitrogen and oxygen atoms in total. The third-order valence-electron chi connectivity index (χ3n) is 3.05. The Morgan fingerprint density at radius 2 is 1.95 bits per heavy atom. The molecule has 0 radical (unpaired) electrons. The number of hydrogen-bond acceptors (Lipinski definition) is 1. The summed E-state index contributed by atoms with van der Waals surface area (Å²) in [6.07, 6.45) is -3.48. The van der Waals surface area contributed by atoms with Crippen LogP contribution in [0.15, 0.2) is 24.3 Å². The Morgan fingerprint density at radius 1 is 1.26 bits per heavy atom. The van der Waals surface area contributed by atoms with Gasteiger partial charge in [0.1, 0.15) is 0 Å². The van der Waals surface area contributed by atoms with Crippen molar-refractivity contribution >= 4 is 11.6 Å². The summed E-state index contributed by atoms with van der Waals surface area (Å²) in [6, 6.07) is 5.62. The van der Waals surface area contributed by atoms with E-state index in [9.17, 15) is 13.2 Å². The average Bonchev–Trinajstić information content (AvgIpc) is 2.33. The molecule has 0 aromatic heterocycles. The lowest BCUT2D eigenvalue weighted by atomic mass is 10.0. The molecule has 108 valence electrons. The van der Waals surface area contributed by atoms with Gasteiger partial charge in [0.25, 0.3) is 0 Å². The summed E-state index contributed by atoms with van der Waals surface area (Å²) in [5.74, 6) is 0.933. The molecule has 1 rings (SSSR count). The Balaban J connectivity index is 2.67. The lowest BCUT2D eigenvalue weighted by Gasteiger charge is -2.21. The van der Waals surface area contributed by atoms with Gasteiger partial charge in [-0.3, -0.25) is 0 Å². The molecule has 0 aliphatic carbocycles. The second kappa shape index (κ2) is 7.15. The maximum atomic E-state index is 12.6. The van der Waals surface area contributed by atoms with Crippen molar-refractivity contribution in [1.29, 1.82) is 0 Å². The molecule has 0 saturated carbocycles. The molecule has 1 aromatic carbocycles. The summed E-state index contributed by atoms with van der Waals surface area (Å²) in [5.41, 5.74) is 0.0280. The number of benzene rings is 1. The molecule has 0 heterocycles. The van der Waals surface area contributed by atoms with Crippen LogP contribution >= 0.6 is 11.6 Å². The molecule has 1 aromatic rings. The fourth-order valence-electron chi connectivity index (χ4n) is 1.90. The molecule has 0 fully saturated rings. The molecule has 0 spiro atoms. The quantitative estimate of drug-likeness (QED) is 0.764. The number of rotatable bonds is 6. The van der Waals surface area contributed by atoms with Gasteiger partial charge in [0, 0.05) is 18.5 Å². The van der Waals surface area contributed by atoms with Crippen LogP contribution in [0.25, 0.3) is 0 Å². The number of hydrogen-bond donors (Lipinski definition) is 1. The fourth-order valence-corrected chi connectivity index (χ4v) is 2.13. The van der Waals surface area contributed by atoms with Crippen LogP contribution in [0.1, 0.15) is 31.4 Å². The average molecular weight is 294 g/mol. The standard InChI is InChI=1S/C14H19ClF3N/c1-10(2)13(6-7-15)19-9-11-4-3-5-12(8-11)14(16,17)18/h3-5,8,10,13,19H,6-7,9H2,1-2H3. The summed E-state index contributed by atoms with van der Waals surface area (Å²) in [5, 5.41) is 3.26. The van der Waals surface area contributed by atoms with E-state index in [-0.39, 0.29) is 6.04 Å². The second-order valence-corrected chi connectivity index (χ2v) is 5.29. The predicted octanol–water partition coefficient (Wildman–Crippen LogP) is 4.45. The first-order chi connectivity index (χ1) is 8.84. The van der Waals surface area contributed by atoms with Gasteiger partial charge in [0.15, 0.2) is 0 Å². The van der Waals surface area contributed by atoms with E-state index in [2.05, 4.69) is 19.2 Å². The SMILES string of the molecule is CC(C)C(CCCl)NCc1cccc(C(F)(F)F)c1. The Hall–Kier alpha value is -0.740. The zero-order valence-corrected chi connectivity index (χ0v) is 11.9. The maximum absolute atomic E-state index is 12.6. The van der Waals surface area contributed by atoms with Gasteiger partial charge in [-0.15, -0.1) is 11.6 Å². The van der Waals surface area contributed by atoms with Crippen molar-refractivity contribution in [3.05, 3.63) is 35.4 Å². The molecule has 1 N–H and O–H groups in total. The summed E-state index contributed by atoms with van der Waals surface area (Å²) in [6.45, 7) is 4.55. The van der Waals surface area contributed by atoms with Crippen LogP contribution in [0.5, 0.6) is 0 Å². The molecule has 19 heavy (non-hydrogen) atoms. The van der Waals surface area contributed by atoms with Crippen molar-refractivity contribution in [2.45, 2.75) is 39.0 Å². The van der Waals surface area contributed by atoms with Crippen LogP contribution in [0.3, 0.4) is 0 Å². The molecule has 5 heteroatoms. The molecule has 1 unspecified atom stereocenters. The smallest absolute Gasteiger partial charge is 0.310 e. The predicted molar refractivity (Wildman–Crippen MR) is 72.2 cm³/mol. The van der Waals surface area contributed by atoms with E-state index in [4.69, 9.17) is 11.6 Å². The molecule has 0 amide bonds. The van der Waals surface area contributed by atoms with Crippen molar-refractivity contribution in [2.24, 2.45) is 5.92 Å². The van der Waals surface area contributed by atoms with Crippen LogP contribution in [0, 0.1) is 5.92 Å². The van der Waals surface area contributed by atoms with Gasteiger partial charge in [0.2, 0.25) is 0 Å². The fraction of sp³-hybridized carbons (Fsp3) is 0.571. The van der Waals surface area contributed by atoms with Gasteiger partial charge < -0.3 is 5.32 Å². The van der Waals surface area contributed by atoms with Gasteiger partial charge in [0.05, 0.1) is 5.56 Å². The van der Waals surface area contributed by atoms with Gasteiger partial charge in [-0.05, 0) is 24.0 Å². The highest BCUT2D eigenvalue weighted by Gasteiger charge is 2.30. The molecule has 0 aliphatic heterocycles. The lowest BCUT2D eigenvalue weighted by molar-refractivity contribution is -0.137. The minimum atomic E-state index is -4.29. The van der Waals surface area contributed by atoms with E-state index in [0.29, 0.717) is 23.9 Å². The normalized spacial score (nSPS) is 13.8. The van der Waals surface area contributed by atoms with Crippen LogP contribution in [-0.2, 0) is 12.7 Å². The van der Waals surface area contributed by atoms with E-state index in [0.717, 1.165) is 12.5 Å². The molecule has 1 atom stereocenters. The first kappa shape index (κ1) is 16.3. The Morgan fingerprint density at radius 3 is 2.47 bits per heavy atom. The Labute approximate surface area is 117 Å². The van der Waals surface area contributed by atoms with Crippen LogP contribution in [-0.4, -0.2) is 11.9 Å². The first-order valence-corrected chi connectivity index (χ1v) is 6.83. The minimum Gasteiger partial charge on any atom is -0.310 e. The van der Waals surface area contributed by atoms with Crippen molar-refractivity contribution in [2.75, 3.05) is 5.88 Å². The van der Waals surface area contributed by atoms with Gasteiger partial charge in [-0.25, -0.2) is 0 Å². The Kier molecular flexibility index (Phi) is 6.14. The molecule has 0 bridgehead atoms. The lowest BCUT2D eigenvalue weighted by Crippen LogP contribution is -2.33. The number of halogens is 4. The molecular weight excluding hydrogens is 275 g/mol. The summed E-state index contributed by atoms with van der Waals surface area (Å²) >= 11 is 5.72. The summed E-state index contributed by atoms with van der Waals surface area (Å²) in [4.78, 5) is 0. The van der Waals surface area contributed by atoms with E-state index in [1.807, 2.05) is 0 Å². The first-order valence-electron chi connectivity index (χ1n) is 6.30. The third-order valence-corrected chi connectivity index (χ3v) is 3.27. The van der Waals surface area contributed by atoms with Crippen LogP contribution < -0.4 is 5.32 Å². The van der Waals surface area contributed by atoms with Crippen molar-refractivity contribution in [3.8, 4) is 0 Å². The maximum Gasteiger partial charge on any atom is 0.416 e. The zero-order chi connectivity index (χ0) is 14.5. The second-order valence-electron chi connectivity index (χ2n) is 4.91. The van der Waals surface area contributed by atoms with Gasteiger partial charge >= 0.3 is 6.18 Å². The van der Waals surface area contributed by atoms with Gasteiger partial charge in [-0.2, -0.15) is 13.2 Å². The number of nitrogens with one attached hydrogen (secondary N) is 1. The van der Waals surface area contributed by atoms with Crippen molar-refractivity contribution in [1.82, 2.24) is 5.32 Å². The van der Waals surface area contributed by atoms with E-state index in [1.54, 1.807) is 6.07 Å². The summed E-state index contributed by atoms with van der Waals surface area (Å²) < 4.78 is 37.7. The number of alkyl halides is 4. The van der Waals surface area contributed by atoms with Crippen LogP contribution in [0.2, 0.25) is 0 Å².